The number of carbonyl (C=O) groups is 2. The maximum Gasteiger partial charge on any atom is 0.225 e. The fourth-order valence-corrected chi connectivity index (χ4v) is 1.98. The SMILES string of the molecule is CN(C)c1nccc(CNC(=O)C2CCC(=O)NC2)n1. The topological polar surface area (TPSA) is 87.2 Å². The van der Waals surface area contributed by atoms with Gasteiger partial charge in [-0.2, -0.15) is 0 Å². The molecule has 108 valence electrons. The number of carbonyl (C=O) groups excluding carboxylic acids is 2. The zero-order valence-corrected chi connectivity index (χ0v) is 11.7. The van der Waals surface area contributed by atoms with Crippen LogP contribution in [0.4, 0.5) is 5.95 Å². The van der Waals surface area contributed by atoms with E-state index < -0.39 is 0 Å². The molecule has 0 saturated carbocycles. The molecule has 1 aliphatic rings. The summed E-state index contributed by atoms with van der Waals surface area (Å²) in [5.74, 6) is 0.431. The van der Waals surface area contributed by atoms with Crippen molar-refractivity contribution in [1.29, 1.82) is 0 Å². The first-order chi connectivity index (χ1) is 9.56. The van der Waals surface area contributed by atoms with Crippen LogP contribution in [0.3, 0.4) is 0 Å². The van der Waals surface area contributed by atoms with Gasteiger partial charge in [-0.25, -0.2) is 9.97 Å². The van der Waals surface area contributed by atoms with E-state index in [1.165, 1.54) is 0 Å². The average Bonchev–Trinajstić information content (AvgIpc) is 2.46. The van der Waals surface area contributed by atoms with Crippen molar-refractivity contribution in [2.75, 3.05) is 25.5 Å². The van der Waals surface area contributed by atoms with Crippen LogP contribution in [0.1, 0.15) is 18.5 Å². The molecule has 1 aliphatic heterocycles. The molecule has 0 aliphatic carbocycles. The van der Waals surface area contributed by atoms with E-state index in [1.807, 2.05) is 19.0 Å². The van der Waals surface area contributed by atoms with Gasteiger partial charge in [-0.3, -0.25) is 9.59 Å². The lowest BCUT2D eigenvalue weighted by Crippen LogP contribution is -2.42. The van der Waals surface area contributed by atoms with Crippen molar-refractivity contribution in [3.05, 3.63) is 18.0 Å². The minimum atomic E-state index is -0.150. The highest BCUT2D eigenvalue weighted by Crippen LogP contribution is 2.11. The lowest BCUT2D eigenvalue weighted by molar-refractivity contribution is -0.129. The summed E-state index contributed by atoms with van der Waals surface area (Å²) in [6.45, 7) is 0.782. The van der Waals surface area contributed by atoms with Crippen LogP contribution < -0.4 is 15.5 Å². The Morgan fingerprint density at radius 2 is 2.35 bits per heavy atom. The van der Waals surface area contributed by atoms with Gasteiger partial charge in [0.1, 0.15) is 0 Å². The quantitative estimate of drug-likeness (QED) is 0.788. The van der Waals surface area contributed by atoms with Crippen LogP contribution >= 0.6 is 0 Å². The predicted molar refractivity (Wildman–Crippen MR) is 73.9 cm³/mol. The van der Waals surface area contributed by atoms with E-state index in [2.05, 4.69) is 20.6 Å². The molecule has 1 atom stereocenters. The molecule has 2 rings (SSSR count). The van der Waals surface area contributed by atoms with E-state index in [1.54, 1.807) is 12.3 Å². The molecule has 0 spiro atoms. The van der Waals surface area contributed by atoms with Crippen molar-refractivity contribution in [3.8, 4) is 0 Å². The average molecular weight is 277 g/mol. The second-order valence-electron chi connectivity index (χ2n) is 5.00. The standard InChI is InChI=1S/C13H19N5O2/c1-18(2)13-14-6-5-10(17-13)8-16-12(20)9-3-4-11(19)15-7-9/h5-6,9H,3-4,7-8H2,1-2H3,(H,15,19)(H,16,20). The van der Waals surface area contributed by atoms with Crippen LogP contribution in [0.25, 0.3) is 0 Å². The highest BCUT2D eigenvalue weighted by molar-refractivity contribution is 5.83. The zero-order chi connectivity index (χ0) is 14.5. The molecule has 20 heavy (non-hydrogen) atoms. The molecule has 7 heteroatoms. The van der Waals surface area contributed by atoms with Gasteiger partial charge in [0.05, 0.1) is 18.2 Å². The molecule has 1 saturated heterocycles. The Morgan fingerprint density at radius 1 is 1.55 bits per heavy atom. The van der Waals surface area contributed by atoms with E-state index in [9.17, 15) is 9.59 Å². The highest BCUT2D eigenvalue weighted by Gasteiger charge is 2.24. The molecule has 2 amide bonds. The van der Waals surface area contributed by atoms with Gasteiger partial charge < -0.3 is 15.5 Å². The second-order valence-corrected chi connectivity index (χ2v) is 5.00. The summed E-state index contributed by atoms with van der Waals surface area (Å²) >= 11 is 0. The largest absolute Gasteiger partial charge is 0.355 e. The molecule has 1 fully saturated rings. The third-order valence-electron chi connectivity index (χ3n) is 3.18. The number of anilines is 1. The molecule has 0 aromatic carbocycles. The Bertz CT molecular complexity index is 493. The summed E-state index contributed by atoms with van der Waals surface area (Å²) < 4.78 is 0. The fraction of sp³-hybridized carbons (Fsp3) is 0.538. The van der Waals surface area contributed by atoms with Gasteiger partial charge in [0.25, 0.3) is 0 Å². The van der Waals surface area contributed by atoms with Gasteiger partial charge in [-0.05, 0) is 12.5 Å². The maximum atomic E-state index is 12.0. The number of nitrogens with one attached hydrogen (secondary N) is 2. The smallest absolute Gasteiger partial charge is 0.225 e. The third-order valence-corrected chi connectivity index (χ3v) is 3.18. The van der Waals surface area contributed by atoms with Crippen molar-refractivity contribution in [2.24, 2.45) is 5.92 Å². The molecule has 1 aromatic rings. The lowest BCUT2D eigenvalue weighted by Gasteiger charge is -2.21. The lowest BCUT2D eigenvalue weighted by atomic mass is 9.98. The van der Waals surface area contributed by atoms with Gasteiger partial charge in [-0.15, -0.1) is 0 Å². The molecule has 0 radical (unpaired) electrons. The number of hydrogen-bond donors (Lipinski definition) is 2. The van der Waals surface area contributed by atoms with Crippen molar-refractivity contribution in [3.63, 3.8) is 0 Å². The zero-order valence-electron chi connectivity index (χ0n) is 11.7. The number of aromatic nitrogens is 2. The van der Waals surface area contributed by atoms with Gasteiger partial charge in [-0.1, -0.05) is 0 Å². The van der Waals surface area contributed by atoms with Crippen molar-refractivity contribution in [2.45, 2.75) is 19.4 Å². The van der Waals surface area contributed by atoms with Gasteiger partial charge in [0, 0.05) is 33.3 Å². The minimum absolute atomic E-state index is 0.0143. The van der Waals surface area contributed by atoms with Crippen LogP contribution in [0, 0.1) is 5.92 Å². The van der Waals surface area contributed by atoms with Crippen LogP contribution in [0.2, 0.25) is 0 Å². The second kappa shape index (κ2) is 6.31. The minimum Gasteiger partial charge on any atom is -0.355 e. The van der Waals surface area contributed by atoms with Crippen LogP contribution in [-0.2, 0) is 16.1 Å². The van der Waals surface area contributed by atoms with E-state index >= 15 is 0 Å². The Balaban J connectivity index is 1.87. The van der Waals surface area contributed by atoms with Gasteiger partial charge in [0.15, 0.2) is 0 Å². The molecule has 2 heterocycles. The normalized spacial score (nSPS) is 18.3. The van der Waals surface area contributed by atoms with Gasteiger partial charge >= 0.3 is 0 Å². The third kappa shape index (κ3) is 3.66. The Morgan fingerprint density at radius 3 is 3.00 bits per heavy atom. The molecule has 1 aromatic heterocycles. The summed E-state index contributed by atoms with van der Waals surface area (Å²) in [6.07, 6.45) is 2.69. The first kappa shape index (κ1) is 14.2. The highest BCUT2D eigenvalue weighted by atomic mass is 16.2. The molecular formula is C13H19N5O2. The number of hydrogen-bond acceptors (Lipinski definition) is 5. The molecule has 2 N–H and O–H groups in total. The number of piperidine rings is 1. The molecule has 1 unspecified atom stereocenters. The van der Waals surface area contributed by atoms with E-state index in [0.29, 0.717) is 31.9 Å². The van der Waals surface area contributed by atoms with E-state index in [4.69, 9.17) is 0 Å². The van der Waals surface area contributed by atoms with Crippen molar-refractivity contribution >= 4 is 17.8 Å². The number of rotatable bonds is 4. The summed E-state index contributed by atoms with van der Waals surface area (Å²) in [6, 6.07) is 1.77. The Kier molecular flexibility index (Phi) is 4.49. The van der Waals surface area contributed by atoms with Crippen LogP contribution in [-0.4, -0.2) is 42.4 Å². The molecule has 7 nitrogen and oxygen atoms in total. The number of nitrogens with zero attached hydrogens (tertiary/aromatic N) is 3. The summed E-state index contributed by atoms with van der Waals surface area (Å²) in [5.41, 5.74) is 0.761. The van der Waals surface area contributed by atoms with Crippen LogP contribution in [0.5, 0.6) is 0 Å². The maximum absolute atomic E-state index is 12.0. The van der Waals surface area contributed by atoms with E-state index in [0.717, 1.165) is 5.69 Å². The summed E-state index contributed by atoms with van der Waals surface area (Å²) in [5, 5.41) is 5.55. The Hall–Kier alpha value is -2.18. The first-order valence-corrected chi connectivity index (χ1v) is 6.60. The molecular weight excluding hydrogens is 258 g/mol. The van der Waals surface area contributed by atoms with Crippen molar-refractivity contribution in [1.82, 2.24) is 20.6 Å². The van der Waals surface area contributed by atoms with Crippen LogP contribution in [0.15, 0.2) is 12.3 Å². The summed E-state index contributed by atoms with van der Waals surface area (Å²) in [4.78, 5) is 33.3. The summed E-state index contributed by atoms with van der Waals surface area (Å²) in [7, 11) is 3.73. The fourth-order valence-electron chi connectivity index (χ4n) is 1.98. The van der Waals surface area contributed by atoms with Crippen molar-refractivity contribution < 1.29 is 9.59 Å². The number of amides is 2. The predicted octanol–water partition coefficient (Wildman–Crippen LogP) is -0.315. The Labute approximate surface area is 117 Å². The monoisotopic (exact) mass is 277 g/mol. The molecule has 0 bridgehead atoms. The first-order valence-electron chi connectivity index (χ1n) is 6.60. The van der Waals surface area contributed by atoms with Gasteiger partial charge in [0.2, 0.25) is 17.8 Å². The van der Waals surface area contributed by atoms with E-state index in [-0.39, 0.29) is 17.7 Å².